The predicted octanol–water partition coefficient (Wildman–Crippen LogP) is 4.09. The van der Waals surface area contributed by atoms with Gasteiger partial charge < -0.3 is 9.47 Å². The van der Waals surface area contributed by atoms with E-state index in [1.165, 1.54) is 0 Å². The molecule has 4 rings (SSSR count). The van der Waals surface area contributed by atoms with Gasteiger partial charge in [0.25, 0.3) is 0 Å². The van der Waals surface area contributed by atoms with E-state index < -0.39 is 0 Å². The third-order valence-electron chi connectivity index (χ3n) is 3.70. The lowest BCUT2D eigenvalue weighted by Crippen LogP contribution is -2.12. The molecule has 0 amide bonds. The second-order valence-corrected chi connectivity index (χ2v) is 5.48. The summed E-state index contributed by atoms with van der Waals surface area (Å²) in [4.78, 5) is 4.66. The largest absolute Gasteiger partial charge is 0.497 e. The molecule has 0 fully saturated rings. The van der Waals surface area contributed by atoms with Gasteiger partial charge >= 0.3 is 0 Å². The molecule has 110 valence electrons. The van der Waals surface area contributed by atoms with Crippen LogP contribution in [0.2, 0.25) is 5.02 Å². The zero-order valence-corrected chi connectivity index (χ0v) is 12.7. The Labute approximate surface area is 132 Å². The van der Waals surface area contributed by atoms with Gasteiger partial charge in [-0.25, -0.2) is 4.98 Å². The van der Waals surface area contributed by atoms with Crippen molar-refractivity contribution in [3.8, 4) is 28.4 Å². The first-order valence-electron chi connectivity index (χ1n) is 6.90. The Hall–Kier alpha value is -2.46. The highest BCUT2D eigenvalue weighted by Gasteiger charge is 2.20. The molecule has 0 aliphatic carbocycles. The van der Waals surface area contributed by atoms with E-state index in [2.05, 4.69) is 4.98 Å². The summed E-state index contributed by atoms with van der Waals surface area (Å²) in [6, 6.07) is 13.4. The minimum absolute atomic E-state index is 0.449. The van der Waals surface area contributed by atoms with Crippen LogP contribution in [0.15, 0.2) is 48.7 Å². The number of fused-ring (bicyclic) bond motifs is 3. The molecule has 0 atom stereocenters. The van der Waals surface area contributed by atoms with E-state index >= 15 is 0 Å². The number of ether oxygens (including phenoxy) is 2. The quantitative estimate of drug-likeness (QED) is 0.715. The van der Waals surface area contributed by atoms with Crippen LogP contribution in [0.25, 0.3) is 16.9 Å². The summed E-state index contributed by atoms with van der Waals surface area (Å²) in [6.45, 7) is 0.449. The van der Waals surface area contributed by atoms with Crippen molar-refractivity contribution in [3.05, 3.63) is 59.5 Å². The number of nitrogens with zero attached hydrogens (tertiary/aromatic N) is 2. The first-order valence-corrected chi connectivity index (χ1v) is 7.28. The van der Waals surface area contributed by atoms with Gasteiger partial charge in [0.2, 0.25) is 0 Å². The van der Waals surface area contributed by atoms with Crippen molar-refractivity contribution in [2.75, 3.05) is 7.11 Å². The molecule has 4 nitrogen and oxygen atoms in total. The van der Waals surface area contributed by atoms with Gasteiger partial charge in [0.15, 0.2) is 5.82 Å². The van der Waals surface area contributed by atoms with E-state index in [1.807, 2.05) is 53.2 Å². The molecule has 0 saturated heterocycles. The maximum Gasteiger partial charge on any atom is 0.152 e. The van der Waals surface area contributed by atoms with Gasteiger partial charge in [-0.2, -0.15) is 0 Å². The van der Waals surface area contributed by atoms with Crippen LogP contribution in [0.5, 0.6) is 11.5 Å². The Morgan fingerprint density at radius 2 is 2.00 bits per heavy atom. The number of benzene rings is 2. The fourth-order valence-electron chi connectivity index (χ4n) is 2.57. The molecule has 3 aromatic rings. The molecule has 2 aromatic carbocycles. The summed E-state index contributed by atoms with van der Waals surface area (Å²) >= 11 is 6.10. The average Bonchev–Trinajstić information content (AvgIpc) is 2.99. The highest BCUT2D eigenvalue weighted by molar-refractivity contribution is 6.30. The lowest BCUT2D eigenvalue weighted by Gasteiger charge is -2.19. The van der Waals surface area contributed by atoms with Gasteiger partial charge in [0, 0.05) is 16.8 Å². The minimum atomic E-state index is 0.449. The van der Waals surface area contributed by atoms with Gasteiger partial charge in [0.1, 0.15) is 18.1 Å². The Bertz CT molecular complexity index is 840. The van der Waals surface area contributed by atoms with E-state index in [0.29, 0.717) is 11.6 Å². The fraction of sp³-hybridized carbons (Fsp3) is 0.118. The first kappa shape index (κ1) is 13.2. The number of imidazole rings is 1. The molecule has 1 aliphatic rings. The summed E-state index contributed by atoms with van der Waals surface area (Å²) < 4.78 is 12.9. The second-order valence-electron chi connectivity index (χ2n) is 5.04. The van der Waals surface area contributed by atoms with Crippen molar-refractivity contribution in [2.45, 2.75) is 6.61 Å². The third kappa shape index (κ3) is 2.12. The van der Waals surface area contributed by atoms with E-state index in [4.69, 9.17) is 21.1 Å². The van der Waals surface area contributed by atoms with Crippen LogP contribution in [-0.2, 0) is 6.61 Å². The number of rotatable bonds is 2. The van der Waals surface area contributed by atoms with Crippen molar-refractivity contribution in [1.82, 2.24) is 9.55 Å². The lowest BCUT2D eigenvalue weighted by atomic mass is 10.1. The second kappa shape index (κ2) is 5.07. The van der Waals surface area contributed by atoms with Crippen LogP contribution in [0, 0.1) is 0 Å². The van der Waals surface area contributed by atoms with Gasteiger partial charge in [-0.15, -0.1) is 0 Å². The molecule has 22 heavy (non-hydrogen) atoms. The van der Waals surface area contributed by atoms with Gasteiger partial charge in [0.05, 0.1) is 18.5 Å². The Morgan fingerprint density at radius 3 is 2.77 bits per heavy atom. The summed E-state index contributed by atoms with van der Waals surface area (Å²) in [5.41, 5.74) is 2.85. The van der Waals surface area contributed by atoms with Crippen LogP contribution in [0.4, 0.5) is 0 Å². The molecule has 2 heterocycles. The zero-order valence-electron chi connectivity index (χ0n) is 11.9. The molecule has 0 N–H and O–H groups in total. The van der Waals surface area contributed by atoms with Crippen molar-refractivity contribution in [3.63, 3.8) is 0 Å². The third-order valence-corrected chi connectivity index (χ3v) is 3.94. The maximum atomic E-state index is 6.10. The number of methoxy groups -OCH3 is 1. The topological polar surface area (TPSA) is 36.3 Å². The molecule has 0 bridgehead atoms. The van der Waals surface area contributed by atoms with Crippen LogP contribution >= 0.6 is 11.6 Å². The van der Waals surface area contributed by atoms with Crippen molar-refractivity contribution in [2.24, 2.45) is 0 Å². The van der Waals surface area contributed by atoms with E-state index in [0.717, 1.165) is 34.3 Å². The van der Waals surface area contributed by atoms with Crippen molar-refractivity contribution in [1.29, 1.82) is 0 Å². The summed E-state index contributed by atoms with van der Waals surface area (Å²) in [5, 5.41) is 0.676. The van der Waals surface area contributed by atoms with Crippen molar-refractivity contribution < 1.29 is 9.47 Å². The van der Waals surface area contributed by atoms with Gasteiger partial charge in [-0.1, -0.05) is 11.6 Å². The Morgan fingerprint density at radius 1 is 1.18 bits per heavy atom. The molecule has 0 unspecified atom stereocenters. The molecule has 1 aliphatic heterocycles. The number of hydrogen-bond donors (Lipinski definition) is 0. The van der Waals surface area contributed by atoms with Gasteiger partial charge in [-0.05, 0) is 42.5 Å². The summed E-state index contributed by atoms with van der Waals surface area (Å²) in [6.07, 6.45) is 2.01. The Balaban J connectivity index is 1.79. The Kier molecular flexibility index (Phi) is 3.05. The summed E-state index contributed by atoms with van der Waals surface area (Å²) in [7, 11) is 1.66. The molecular formula is C17H13ClN2O2. The predicted molar refractivity (Wildman–Crippen MR) is 84.9 cm³/mol. The minimum Gasteiger partial charge on any atom is -0.497 e. The molecular weight excluding hydrogens is 300 g/mol. The summed E-state index contributed by atoms with van der Waals surface area (Å²) in [5.74, 6) is 2.50. The average molecular weight is 313 g/mol. The normalized spacial score (nSPS) is 12.3. The number of halogens is 1. The van der Waals surface area contributed by atoms with Crippen molar-refractivity contribution >= 4 is 11.6 Å². The highest BCUT2D eigenvalue weighted by Crippen LogP contribution is 2.33. The maximum absolute atomic E-state index is 6.10. The molecule has 0 spiro atoms. The highest BCUT2D eigenvalue weighted by atomic mass is 35.5. The van der Waals surface area contributed by atoms with Crippen LogP contribution in [-0.4, -0.2) is 16.7 Å². The van der Waals surface area contributed by atoms with E-state index in [9.17, 15) is 0 Å². The smallest absolute Gasteiger partial charge is 0.152 e. The SMILES string of the molecule is COc1ccc(-c2cn3c(n2)COc2ccc(Cl)cc2-3)cc1. The molecule has 0 radical (unpaired) electrons. The zero-order chi connectivity index (χ0) is 15.1. The fourth-order valence-corrected chi connectivity index (χ4v) is 2.74. The van der Waals surface area contributed by atoms with Crippen LogP contribution in [0.3, 0.4) is 0 Å². The monoisotopic (exact) mass is 312 g/mol. The molecule has 5 heteroatoms. The van der Waals surface area contributed by atoms with Crippen LogP contribution < -0.4 is 9.47 Å². The lowest BCUT2D eigenvalue weighted by molar-refractivity contribution is 0.279. The standard InChI is InChI=1S/C17H13ClN2O2/c1-21-13-5-2-11(3-6-13)14-9-20-15-8-12(18)4-7-16(15)22-10-17(20)19-14/h2-9H,10H2,1H3. The van der Waals surface area contributed by atoms with E-state index in [-0.39, 0.29) is 0 Å². The van der Waals surface area contributed by atoms with E-state index in [1.54, 1.807) is 7.11 Å². The van der Waals surface area contributed by atoms with Gasteiger partial charge in [-0.3, -0.25) is 4.57 Å². The van der Waals surface area contributed by atoms with Crippen LogP contribution in [0.1, 0.15) is 5.82 Å². The molecule has 1 aromatic heterocycles. The number of hydrogen-bond acceptors (Lipinski definition) is 3. The number of aromatic nitrogens is 2. The first-order chi connectivity index (χ1) is 10.7. The molecule has 0 saturated carbocycles.